The molecule has 1 rings (SSSR count). The number of aromatic nitrogens is 2. The summed E-state index contributed by atoms with van der Waals surface area (Å²) in [5.41, 5.74) is 0. The van der Waals surface area contributed by atoms with Gasteiger partial charge in [0.1, 0.15) is 6.04 Å². The average Bonchev–Trinajstić information content (AvgIpc) is 2.55. The summed E-state index contributed by atoms with van der Waals surface area (Å²) >= 11 is 1.14. The van der Waals surface area contributed by atoms with Gasteiger partial charge in [0.15, 0.2) is 5.16 Å². The number of hydrogen-bond acceptors (Lipinski definition) is 7. The molecular weight excluding hydrogens is 346 g/mol. The van der Waals surface area contributed by atoms with Crippen LogP contribution in [0.1, 0.15) is 27.7 Å². The first-order chi connectivity index (χ1) is 11.7. The monoisotopic (exact) mass is 371 g/mol. The molecule has 25 heavy (non-hydrogen) atoms. The molecule has 8 nitrogen and oxygen atoms in total. The molecule has 2 atom stereocenters. The van der Waals surface area contributed by atoms with Crippen molar-refractivity contribution in [3.63, 3.8) is 0 Å². The van der Waals surface area contributed by atoms with Crippen LogP contribution in [-0.2, 0) is 9.59 Å². The van der Waals surface area contributed by atoms with Gasteiger partial charge in [0.25, 0.3) is 0 Å². The lowest BCUT2D eigenvalue weighted by atomic mass is 10.0. The van der Waals surface area contributed by atoms with E-state index in [1.807, 2.05) is 13.8 Å². The first-order valence-corrected chi connectivity index (χ1v) is 8.74. The third-order valence-corrected chi connectivity index (χ3v) is 4.81. The summed E-state index contributed by atoms with van der Waals surface area (Å²) in [5.74, 6) is -1.08. The van der Waals surface area contributed by atoms with Gasteiger partial charge in [0.2, 0.25) is 17.7 Å². The number of hydrogen-bond donors (Lipinski definition) is 2. The maximum Gasteiger partial charge on any atom is 0.326 e. The molecular formula is C16H25N3O5S. The van der Waals surface area contributed by atoms with Gasteiger partial charge in [0, 0.05) is 0 Å². The lowest BCUT2D eigenvalue weighted by Gasteiger charge is -2.23. The second-order valence-electron chi connectivity index (χ2n) is 6.09. The number of carboxylic acid groups (broad SMARTS) is 1. The lowest BCUT2D eigenvalue weighted by molar-refractivity contribution is -0.143. The zero-order valence-electron chi connectivity index (χ0n) is 15.3. The molecule has 0 fully saturated rings. The van der Waals surface area contributed by atoms with Crippen molar-refractivity contribution in [1.82, 2.24) is 15.3 Å². The Morgan fingerprint density at radius 3 is 1.96 bits per heavy atom. The highest BCUT2D eigenvalue weighted by molar-refractivity contribution is 8.00. The van der Waals surface area contributed by atoms with E-state index in [1.165, 1.54) is 20.3 Å². The van der Waals surface area contributed by atoms with Crippen LogP contribution in [0.3, 0.4) is 0 Å². The minimum Gasteiger partial charge on any atom is -0.481 e. The first kappa shape index (κ1) is 21.0. The van der Waals surface area contributed by atoms with Crippen LogP contribution in [0.5, 0.6) is 11.8 Å². The van der Waals surface area contributed by atoms with Gasteiger partial charge < -0.3 is 19.9 Å². The molecule has 1 heterocycles. The highest BCUT2D eigenvalue weighted by Gasteiger charge is 2.30. The van der Waals surface area contributed by atoms with E-state index in [9.17, 15) is 14.7 Å². The van der Waals surface area contributed by atoms with Gasteiger partial charge >= 0.3 is 5.97 Å². The number of aliphatic carboxylic acids is 1. The van der Waals surface area contributed by atoms with Gasteiger partial charge in [-0.25, -0.2) is 4.79 Å². The number of amides is 1. The molecule has 1 aromatic heterocycles. The van der Waals surface area contributed by atoms with E-state index in [1.54, 1.807) is 13.8 Å². The van der Waals surface area contributed by atoms with Gasteiger partial charge in [-0.3, -0.25) is 4.79 Å². The summed E-state index contributed by atoms with van der Waals surface area (Å²) in [6.45, 7) is 7.23. The van der Waals surface area contributed by atoms with Crippen molar-refractivity contribution in [3.8, 4) is 11.8 Å². The van der Waals surface area contributed by atoms with Crippen LogP contribution < -0.4 is 14.8 Å². The number of thioether (sulfide) groups is 1. The Balaban J connectivity index is 3.01. The van der Waals surface area contributed by atoms with Crippen molar-refractivity contribution < 1.29 is 24.2 Å². The quantitative estimate of drug-likeness (QED) is 0.500. The van der Waals surface area contributed by atoms with Crippen molar-refractivity contribution >= 4 is 23.6 Å². The summed E-state index contributed by atoms with van der Waals surface area (Å²) < 4.78 is 10.2. The Kier molecular flexibility index (Phi) is 7.95. The molecule has 140 valence electrons. The van der Waals surface area contributed by atoms with Crippen molar-refractivity contribution in [2.45, 2.75) is 44.1 Å². The van der Waals surface area contributed by atoms with E-state index in [4.69, 9.17) is 9.47 Å². The molecule has 1 unspecified atom stereocenters. The lowest BCUT2D eigenvalue weighted by Crippen LogP contribution is -2.48. The van der Waals surface area contributed by atoms with Crippen LogP contribution in [0, 0.1) is 11.8 Å². The van der Waals surface area contributed by atoms with Crippen molar-refractivity contribution in [3.05, 3.63) is 6.07 Å². The first-order valence-electron chi connectivity index (χ1n) is 7.86. The predicted molar refractivity (Wildman–Crippen MR) is 94.0 cm³/mol. The second-order valence-corrected chi connectivity index (χ2v) is 7.19. The SMILES string of the molecule is COc1cc(OC)nc(SC(C(=O)N[C@H](C(=O)O)C(C)C)C(C)C)n1. The topological polar surface area (TPSA) is 111 Å². The Bertz CT molecular complexity index is 587. The van der Waals surface area contributed by atoms with Gasteiger partial charge in [-0.2, -0.15) is 9.97 Å². The van der Waals surface area contributed by atoms with E-state index in [0.717, 1.165) is 11.8 Å². The van der Waals surface area contributed by atoms with E-state index in [-0.39, 0.29) is 17.7 Å². The van der Waals surface area contributed by atoms with E-state index < -0.39 is 17.3 Å². The van der Waals surface area contributed by atoms with Gasteiger partial charge in [-0.05, 0) is 11.8 Å². The fraction of sp³-hybridized carbons (Fsp3) is 0.625. The molecule has 0 aliphatic heterocycles. The zero-order chi connectivity index (χ0) is 19.1. The minimum atomic E-state index is -1.06. The normalized spacial score (nSPS) is 13.4. The number of rotatable bonds is 9. The van der Waals surface area contributed by atoms with Gasteiger partial charge in [0.05, 0.1) is 25.5 Å². The third kappa shape index (κ3) is 6.08. The molecule has 0 aliphatic carbocycles. The molecule has 0 saturated carbocycles. The molecule has 1 amide bonds. The number of methoxy groups -OCH3 is 2. The van der Waals surface area contributed by atoms with Gasteiger partial charge in [-0.15, -0.1) is 0 Å². The van der Waals surface area contributed by atoms with Crippen molar-refractivity contribution in [2.75, 3.05) is 14.2 Å². The maximum absolute atomic E-state index is 12.6. The smallest absolute Gasteiger partial charge is 0.326 e. The van der Waals surface area contributed by atoms with Crippen LogP contribution in [0.2, 0.25) is 0 Å². The molecule has 0 aromatic carbocycles. The summed E-state index contributed by atoms with van der Waals surface area (Å²) in [6, 6.07) is 0.586. The predicted octanol–water partition coefficient (Wildman–Crippen LogP) is 1.84. The number of carbonyl (C=O) groups excluding carboxylic acids is 1. The molecule has 1 aromatic rings. The maximum atomic E-state index is 12.6. The van der Waals surface area contributed by atoms with Crippen LogP contribution in [0.15, 0.2) is 11.2 Å². The van der Waals surface area contributed by atoms with Crippen LogP contribution >= 0.6 is 11.8 Å². The number of nitrogens with one attached hydrogen (secondary N) is 1. The van der Waals surface area contributed by atoms with Crippen LogP contribution in [0.4, 0.5) is 0 Å². The number of carboxylic acids is 1. The molecule has 9 heteroatoms. The largest absolute Gasteiger partial charge is 0.481 e. The zero-order valence-corrected chi connectivity index (χ0v) is 16.1. The van der Waals surface area contributed by atoms with Crippen molar-refractivity contribution in [2.24, 2.45) is 11.8 Å². The number of nitrogens with zero attached hydrogens (tertiary/aromatic N) is 2. The fourth-order valence-corrected chi connectivity index (χ4v) is 2.96. The third-order valence-electron chi connectivity index (χ3n) is 3.40. The highest BCUT2D eigenvalue weighted by Crippen LogP contribution is 2.29. The highest BCUT2D eigenvalue weighted by atomic mass is 32.2. The van der Waals surface area contributed by atoms with E-state index in [0.29, 0.717) is 16.9 Å². The summed E-state index contributed by atoms with van der Waals surface area (Å²) in [5, 5.41) is 11.6. The molecule has 0 spiro atoms. The van der Waals surface area contributed by atoms with Crippen molar-refractivity contribution in [1.29, 1.82) is 0 Å². The Morgan fingerprint density at radius 2 is 1.60 bits per heavy atom. The second kappa shape index (κ2) is 9.45. The van der Waals surface area contributed by atoms with Crippen LogP contribution in [-0.4, -0.2) is 52.5 Å². The Hall–Kier alpha value is -2.03. The number of ether oxygens (including phenoxy) is 2. The minimum absolute atomic E-state index is 0.0626. The summed E-state index contributed by atoms with van der Waals surface area (Å²) in [7, 11) is 2.95. The molecule has 0 saturated heterocycles. The standard InChI is InChI=1S/C16H25N3O5S/c1-8(2)12(15(21)22)19-14(20)13(9(3)4)25-16-17-10(23-5)7-11(18-16)24-6/h7-9,12-13H,1-6H3,(H,19,20)(H,21,22)/t12-,13?/m0/s1. The molecule has 0 bridgehead atoms. The van der Waals surface area contributed by atoms with E-state index >= 15 is 0 Å². The molecule has 0 radical (unpaired) electrons. The number of carbonyl (C=O) groups is 2. The summed E-state index contributed by atoms with van der Waals surface area (Å²) in [4.78, 5) is 32.3. The van der Waals surface area contributed by atoms with Crippen LogP contribution in [0.25, 0.3) is 0 Å². The summed E-state index contributed by atoms with van der Waals surface area (Å²) in [6.07, 6.45) is 0. The van der Waals surface area contributed by atoms with E-state index in [2.05, 4.69) is 15.3 Å². The fourth-order valence-electron chi connectivity index (χ4n) is 2.00. The van der Waals surface area contributed by atoms with Gasteiger partial charge in [-0.1, -0.05) is 39.5 Å². The average molecular weight is 371 g/mol. The molecule has 2 N–H and O–H groups in total. The molecule has 0 aliphatic rings. The Labute approximate surface area is 151 Å². The Morgan fingerprint density at radius 1 is 1.08 bits per heavy atom.